The standard InChI is InChI=1S/C24H32N6O5/c1-13(2)10-29-22-17(8-9-18(31)28-11-15-6-7-16(12-28)35-15)20(25-3)27-30(22)24(34)19(23(29)33)21(32)26-14-4-5-14/h8-9,13-16,34H,4-7,10-12H2,1-3H3,(H,25,27)(H,26,32)/b9-8+. The molecule has 1 aliphatic carbocycles. The number of aromatic nitrogens is 3. The first-order valence-electron chi connectivity index (χ1n) is 12.3. The third kappa shape index (κ3) is 4.40. The number of likely N-dealkylation sites (tertiary alicyclic amines) is 1. The van der Waals surface area contributed by atoms with Crippen LogP contribution in [-0.2, 0) is 16.1 Å². The summed E-state index contributed by atoms with van der Waals surface area (Å²) < 4.78 is 8.48. The second-order valence-electron chi connectivity index (χ2n) is 10.0. The Labute approximate surface area is 202 Å². The Hall–Kier alpha value is -3.34. The summed E-state index contributed by atoms with van der Waals surface area (Å²) in [4.78, 5) is 41.0. The van der Waals surface area contributed by atoms with Crippen LogP contribution in [0.25, 0.3) is 11.7 Å². The smallest absolute Gasteiger partial charge is 0.270 e. The Morgan fingerprint density at radius 2 is 1.89 bits per heavy atom. The first-order chi connectivity index (χ1) is 16.8. The van der Waals surface area contributed by atoms with Crippen LogP contribution < -0.4 is 16.2 Å². The molecule has 2 aromatic rings. The summed E-state index contributed by atoms with van der Waals surface area (Å²) in [6, 6.07) is 0.0287. The van der Waals surface area contributed by atoms with Crippen molar-refractivity contribution in [3.63, 3.8) is 0 Å². The normalized spacial score (nSPS) is 21.9. The number of morpholine rings is 1. The SMILES string of the molecule is CNc1nn2c(O)c(C(=O)NC3CC3)c(=O)n(CC(C)C)c2c1/C=C/C(=O)N1CC2CCC(C1)O2. The minimum Gasteiger partial charge on any atom is -0.492 e. The maximum atomic E-state index is 13.5. The van der Waals surface area contributed by atoms with E-state index in [1.807, 2.05) is 13.8 Å². The number of amides is 2. The van der Waals surface area contributed by atoms with Gasteiger partial charge >= 0.3 is 0 Å². The lowest BCUT2D eigenvalue weighted by atomic mass is 10.2. The fourth-order valence-electron chi connectivity index (χ4n) is 4.87. The zero-order valence-electron chi connectivity index (χ0n) is 20.3. The molecule has 1 saturated carbocycles. The first-order valence-corrected chi connectivity index (χ1v) is 12.3. The monoisotopic (exact) mass is 484 g/mol. The second kappa shape index (κ2) is 9.03. The van der Waals surface area contributed by atoms with Crippen molar-refractivity contribution in [2.75, 3.05) is 25.5 Å². The summed E-state index contributed by atoms with van der Waals surface area (Å²) in [5.74, 6) is -0.812. The number of fused-ring (bicyclic) bond motifs is 3. The summed E-state index contributed by atoms with van der Waals surface area (Å²) in [6.07, 6.45) is 6.91. The molecule has 4 heterocycles. The molecule has 3 aliphatic rings. The van der Waals surface area contributed by atoms with Gasteiger partial charge in [-0.1, -0.05) is 13.8 Å². The second-order valence-corrected chi connectivity index (χ2v) is 10.0. The van der Waals surface area contributed by atoms with Crippen LogP contribution in [0.1, 0.15) is 55.5 Å². The van der Waals surface area contributed by atoms with Gasteiger partial charge in [-0.25, -0.2) is 0 Å². The largest absolute Gasteiger partial charge is 0.492 e. The number of hydrogen-bond donors (Lipinski definition) is 3. The lowest BCUT2D eigenvalue weighted by Crippen LogP contribution is -2.45. The predicted molar refractivity (Wildman–Crippen MR) is 129 cm³/mol. The van der Waals surface area contributed by atoms with Crippen LogP contribution in [0.3, 0.4) is 0 Å². The Bertz CT molecular complexity index is 1250. The Morgan fingerprint density at radius 3 is 2.49 bits per heavy atom. The molecule has 11 heteroatoms. The molecule has 2 bridgehead atoms. The minimum absolute atomic E-state index is 0.0287. The number of anilines is 1. The molecule has 11 nitrogen and oxygen atoms in total. The fraction of sp³-hybridized carbons (Fsp3) is 0.583. The van der Waals surface area contributed by atoms with E-state index < -0.39 is 17.3 Å². The van der Waals surface area contributed by atoms with E-state index in [2.05, 4.69) is 15.7 Å². The van der Waals surface area contributed by atoms with Crippen molar-refractivity contribution < 1.29 is 19.4 Å². The van der Waals surface area contributed by atoms with Gasteiger partial charge in [-0.15, -0.1) is 5.10 Å². The van der Waals surface area contributed by atoms with Crippen molar-refractivity contribution in [1.82, 2.24) is 24.4 Å². The van der Waals surface area contributed by atoms with E-state index in [1.165, 1.54) is 15.2 Å². The fourth-order valence-corrected chi connectivity index (χ4v) is 4.87. The van der Waals surface area contributed by atoms with Gasteiger partial charge in [0.05, 0.1) is 17.8 Å². The third-order valence-electron chi connectivity index (χ3n) is 6.71. The van der Waals surface area contributed by atoms with E-state index in [0.717, 1.165) is 25.7 Å². The summed E-state index contributed by atoms with van der Waals surface area (Å²) in [7, 11) is 1.67. The predicted octanol–water partition coefficient (Wildman–Crippen LogP) is 1.19. The van der Waals surface area contributed by atoms with Crippen molar-refractivity contribution in [2.24, 2.45) is 5.92 Å². The summed E-state index contributed by atoms with van der Waals surface area (Å²) in [5, 5.41) is 21.1. The third-order valence-corrected chi connectivity index (χ3v) is 6.71. The molecule has 2 amide bonds. The highest BCUT2D eigenvalue weighted by Gasteiger charge is 2.35. The van der Waals surface area contributed by atoms with Crippen LogP contribution in [0.2, 0.25) is 0 Å². The van der Waals surface area contributed by atoms with Gasteiger partial charge < -0.3 is 25.4 Å². The van der Waals surface area contributed by atoms with Gasteiger partial charge in [0, 0.05) is 38.8 Å². The summed E-state index contributed by atoms with van der Waals surface area (Å²) in [5.41, 5.74) is -0.111. The number of carbonyl (C=O) groups is 2. The molecule has 2 aliphatic heterocycles. The molecule has 2 atom stereocenters. The van der Waals surface area contributed by atoms with E-state index in [9.17, 15) is 19.5 Å². The van der Waals surface area contributed by atoms with E-state index in [0.29, 0.717) is 36.7 Å². The maximum absolute atomic E-state index is 13.5. The van der Waals surface area contributed by atoms with Crippen LogP contribution in [-0.4, -0.2) is 74.4 Å². The van der Waals surface area contributed by atoms with Gasteiger partial charge in [0.1, 0.15) is 0 Å². The topological polar surface area (TPSA) is 130 Å². The highest BCUT2D eigenvalue weighted by Crippen LogP contribution is 2.29. The highest BCUT2D eigenvalue weighted by atomic mass is 16.5. The molecule has 2 aromatic heterocycles. The maximum Gasteiger partial charge on any atom is 0.270 e. The van der Waals surface area contributed by atoms with Crippen LogP contribution >= 0.6 is 0 Å². The summed E-state index contributed by atoms with van der Waals surface area (Å²) >= 11 is 0. The average molecular weight is 485 g/mol. The van der Waals surface area contributed by atoms with E-state index in [-0.39, 0.29) is 35.6 Å². The molecule has 0 aromatic carbocycles. The lowest BCUT2D eigenvalue weighted by Gasteiger charge is -2.31. The van der Waals surface area contributed by atoms with Gasteiger partial charge in [0.15, 0.2) is 17.0 Å². The Balaban J connectivity index is 1.57. The van der Waals surface area contributed by atoms with Crippen LogP contribution in [0.4, 0.5) is 5.82 Å². The van der Waals surface area contributed by atoms with Gasteiger partial charge in [0.2, 0.25) is 11.8 Å². The molecule has 5 rings (SSSR count). The highest BCUT2D eigenvalue weighted by molar-refractivity contribution is 5.97. The first kappa shape index (κ1) is 23.4. The number of nitrogens with zero attached hydrogens (tertiary/aromatic N) is 4. The van der Waals surface area contributed by atoms with E-state index in [4.69, 9.17) is 4.74 Å². The van der Waals surface area contributed by atoms with Gasteiger partial charge in [-0.2, -0.15) is 4.52 Å². The van der Waals surface area contributed by atoms with Gasteiger partial charge in [-0.3, -0.25) is 19.0 Å². The molecule has 3 N–H and O–H groups in total. The molecular weight excluding hydrogens is 452 g/mol. The molecule has 0 radical (unpaired) electrons. The van der Waals surface area contributed by atoms with Crippen molar-refractivity contribution in [3.05, 3.63) is 27.6 Å². The molecule has 2 saturated heterocycles. The number of rotatable bonds is 7. The molecule has 0 spiro atoms. The van der Waals surface area contributed by atoms with Crippen molar-refractivity contribution in [1.29, 1.82) is 0 Å². The number of nitrogens with one attached hydrogen (secondary N) is 2. The van der Waals surface area contributed by atoms with Gasteiger partial charge in [-0.05, 0) is 37.7 Å². The zero-order chi connectivity index (χ0) is 24.9. The molecule has 2 unspecified atom stereocenters. The van der Waals surface area contributed by atoms with Gasteiger partial charge in [0.25, 0.3) is 11.5 Å². The van der Waals surface area contributed by atoms with Crippen LogP contribution in [0.5, 0.6) is 5.88 Å². The number of aromatic hydroxyl groups is 1. The molecule has 188 valence electrons. The minimum atomic E-state index is -0.606. The molecular formula is C24H32N6O5. The Morgan fingerprint density at radius 1 is 1.20 bits per heavy atom. The zero-order valence-corrected chi connectivity index (χ0v) is 20.3. The van der Waals surface area contributed by atoms with Crippen LogP contribution in [0, 0.1) is 5.92 Å². The quantitative estimate of drug-likeness (QED) is 0.504. The van der Waals surface area contributed by atoms with Crippen molar-refractivity contribution in [2.45, 2.75) is 64.3 Å². The van der Waals surface area contributed by atoms with Crippen molar-refractivity contribution in [3.8, 4) is 5.88 Å². The summed E-state index contributed by atoms with van der Waals surface area (Å²) in [6.45, 7) is 5.35. The van der Waals surface area contributed by atoms with Crippen LogP contribution in [0.15, 0.2) is 10.9 Å². The van der Waals surface area contributed by atoms with Crippen molar-refractivity contribution >= 4 is 29.4 Å². The number of ether oxygens (including phenoxy) is 1. The Kier molecular flexibility index (Phi) is 6.04. The lowest BCUT2D eigenvalue weighted by molar-refractivity contribution is -0.134. The average Bonchev–Trinajstić information content (AvgIpc) is 3.46. The molecule has 3 fully saturated rings. The number of carbonyl (C=O) groups excluding carboxylic acids is 2. The molecule has 35 heavy (non-hydrogen) atoms. The number of hydrogen-bond acceptors (Lipinski definition) is 7. The van der Waals surface area contributed by atoms with E-state index in [1.54, 1.807) is 18.0 Å². The van der Waals surface area contributed by atoms with E-state index >= 15 is 0 Å².